The summed E-state index contributed by atoms with van der Waals surface area (Å²) in [5.41, 5.74) is 0.688. The van der Waals surface area contributed by atoms with Crippen LogP contribution in [0.15, 0.2) is 23.8 Å². The number of Topliss-reactive ketones (excluding diaryl/α,β-unsaturated/α-hetero) is 1. The summed E-state index contributed by atoms with van der Waals surface area (Å²) in [6, 6.07) is 0. The van der Waals surface area contributed by atoms with Gasteiger partial charge in [0, 0.05) is 17.3 Å². The van der Waals surface area contributed by atoms with E-state index in [0.717, 1.165) is 31.3 Å². The van der Waals surface area contributed by atoms with Crippen molar-refractivity contribution in [1.82, 2.24) is 0 Å². The van der Waals surface area contributed by atoms with Gasteiger partial charge < -0.3 is 10.2 Å². The van der Waals surface area contributed by atoms with Crippen LogP contribution in [-0.2, 0) is 9.59 Å². The Labute approximate surface area is 149 Å². The van der Waals surface area contributed by atoms with Crippen molar-refractivity contribution in [2.45, 2.75) is 52.1 Å². The minimum Gasteiger partial charge on any atom is -0.393 e. The number of ketones is 2. The lowest BCUT2D eigenvalue weighted by Crippen LogP contribution is -2.56. The SMILES string of the molecule is C[C@]12C=CC(=O)C=C1CC[C@@H]1C2[C@@H](O)C[C@@]2(C)C1CC[C@@H]2C(=O)CO. The first-order valence-electron chi connectivity index (χ1n) is 9.57. The Bertz CT molecular complexity index is 677. The molecule has 4 nitrogen and oxygen atoms in total. The van der Waals surface area contributed by atoms with Crippen LogP contribution in [0.5, 0.6) is 0 Å². The van der Waals surface area contributed by atoms with Crippen molar-refractivity contribution < 1.29 is 19.8 Å². The smallest absolute Gasteiger partial charge is 0.178 e. The summed E-state index contributed by atoms with van der Waals surface area (Å²) >= 11 is 0. The molecule has 0 heterocycles. The van der Waals surface area contributed by atoms with Crippen LogP contribution in [0.3, 0.4) is 0 Å². The van der Waals surface area contributed by atoms with Crippen molar-refractivity contribution >= 4 is 11.6 Å². The quantitative estimate of drug-likeness (QED) is 0.807. The lowest BCUT2D eigenvalue weighted by Gasteiger charge is -2.58. The highest BCUT2D eigenvalue weighted by Gasteiger charge is 2.62. The molecule has 0 aromatic rings. The van der Waals surface area contributed by atoms with E-state index in [4.69, 9.17) is 0 Å². The molecule has 3 fully saturated rings. The van der Waals surface area contributed by atoms with Crippen molar-refractivity contribution in [2.75, 3.05) is 6.61 Å². The molecule has 2 N–H and O–H groups in total. The van der Waals surface area contributed by atoms with E-state index in [9.17, 15) is 19.8 Å². The third kappa shape index (κ3) is 2.26. The van der Waals surface area contributed by atoms with Gasteiger partial charge in [0.1, 0.15) is 6.61 Å². The van der Waals surface area contributed by atoms with Crippen molar-refractivity contribution in [1.29, 1.82) is 0 Å². The molecule has 7 atom stereocenters. The fourth-order valence-corrected chi connectivity index (χ4v) is 6.96. The molecule has 0 aromatic carbocycles. The second-order valence-corrected chi connectivity index (χ2v) is 9.05. The number of aliphatic hydroxyl groups excluding tert-OH is 2. The number of rotatable bonds is 2. The van der Waals surface area contributed by atoms with Gasteiger partial charge in [-0.05, 0) is 61.5 Å². The molecule has 0 aliphatic heterocycles. The fourth-order valence-electron chi connectivity index (χ4n) is 6.96. The van der Waals surface area contributed by atoms with Gasteiger partial charge in [0.15, 0.2) is 11.6 Å². The number of aliphatic hydroxyl groups is 2. The van der Waals surface area contributed by atoms with E-state index < -0.39 is 12.7 Å². The Kier molecular flexibility index (Phi) is 3.86. The zero-order chi connectivity index (χ0) is 18.0. The first kappa shape index (κ1) is 17.2. The second kappa shape index (κ2) is 5.62. The van der Waals surface area contributed by atoms with E-state index in [-0.39, 0.29) is 34.2 Å². The first-order valence-corrected chi connectivity index (χ1v) is 9.57. The summed E-state index contributed by atoms with van der Waals surface area (Å²) in [7, 11) is 0. The van der Waals surface area contributed by atoms with Crippen LogP contribution in [0.2, 0.25) is 0 Å². The van der Waals surface area contributed by atoms with Crippen LogP contribution in [0.25, 0.3) is 0 Å². The van der Waals surface area contributed by atoms with Crippen molar-refractivity contribution in [3.8, 4) is 0 Å². The van der Waals surface area contributed by atoms with Gasteiger partial charge in [0.2, 0.25) is 0 Å². The summed E-state index contributed by atoms with van der Waals surface area (Å²) in [5.74, 6) is 0.734. The predicted molar refractivity (Wildman–Crippen MR) is 93.6 cm³/mol. The van der Waals surface area contributed by atoms with Gasteiger partial charge in [-0.1, -0.05) is 25.5 Å². The van der Waals surface area contributed by atoms with Crippen LogP contribution in [-0.4, -0.2) is 34.5 Å². The Morgan fingerprint density at radius 2 is 2.04 bits per heavy atom. The minimum absolute atomic E-state index is 0.0514. The van der Waals surface area contributed by atoms with E-state index in [1.165, 1.54) is 0 Å². The molecule has 0 spiro atoms. The van der Waals surface area contributed by atoms with Gasteiger partial charge in [-0.15, -0.1) is 0 Å². The maximum Gasteiger partial charge on any atom is 0.178 e. The standard InChI is InChI=1S/C21H28O4/c1-20-8-7-13(23)9-12(20)3-4-14-15-5-6-16(18(25)11-22)21(15,2)10-17(24)19(14)20/h7-9,14-17,19,22,24H,3-6,10-11H2,1-2H3/t14-,15?,16+,17-,19?,20-,21-/m0/s1. The van der Waals surface area contributed by atoms with Gasteiger partial charge in [-0.3, -0.25) is 9.59 Å². The summed E-state index contributed by atoms with van der Waals surface area (Å²) in [4.78, 5) is 24.1. The van der Waals surface area contributed by atoms with E-state index in [1.54, 1.807) is 12.2 Å². The highest BCUT2D eigenvalue weighted by molar-refractivity contribution is 6.01. The fraction of sp³-hybridized carbons (Fsp3) is 0.714. The molecule has 3 saturated carbocycles. The summed E-state index contributed by atoms with van der Waals surface area (Å²) < 4.78 is 0. The third-order valence-corrected chi connectivity index (χ3v) is 8.04. The average molecular weight is 344 g/mol. The minimum atomic E-state index is -0.482. The first-order chi connectivity index (χ1) is 11.8. The molecular weight excluding hydrogens is 316 g/mol. The molecule has 4 rings (SSSR count). The highest BCUT2D eigenvalue weighted by Crippen LogP contribution is 2.65. The number of allylic oxidation sites excluding steroid dienone is 4. The third-order valence-electron chi connectivity index (χ3n) is 8.04. The van der Waals surface area contributed by atoms with Gasteiger partial charge in [0.25, 0.3) is 0 Å². The largest absolute Gasteiger partial charge is 0.393 e. The van der Waals surface area contributed by atoms with Gasteiger partial charge in [0.05, 0.1) is 6.10 Å². The Hall–Kier alpha value is -1.26. The molecule has 2 unspecified atom stereocenters. The van der Waals surface area contributed by atoms with Crippen LogP contribution in [0, 0.1) is 34.5 Å². The molecule has 136 valence electrons. The number of carbonyl (C=O) groups is 2. The topological polar surface area (TPSA) is 74.6 Å². The summed E-state index contributed by atoms with van der Waals surface area (Å²) in [6.07, 6.45) is 9.25. The molecule has 4 aliphatic rings. The lowest BCUT2D eigenvalue weighted by molar-refractivity contribution is -0.141. The zero-order valence-corrected chi connectivity index (χ0v) is 15.1. The van der Waals surface area contributed by atoms with Gasteiger partial charge in [-0.2, -0.15) is 0 Å². The number of carbonyl (C=O) groups excluding carboxylic acids is 2. The molecular formula is C21H28O4. The molecule has 0 radical (unpaired) electrons. The van der Waals surface area contributed by atoms with Crippen LogP contribution in [0.1, 0.15) is 46.0 Å². The lowest BCUT2D eigenvalue weighted by atomic mass is 9.46. The van der Waals surface area contributed by atoms with Gasteiger partial charge in [-0.25, -0.2) is 0 Å². The molecule has 4 aliphatic carbocycles. The van der Waals surface area contributed by atoms with Crippen LogP contribution >= 0.6 is 0 Å². The van der Waals surface area contributed by atoms with E-state index in [1.807, 2.05) is 6.08 Å². The molecule has 0 aromatic heterocycles. The molecule has 25 heavy (non-hydrogen) atoms. The summed E-state index contributed by atoms with van der Waals surface area (Å²) in [6.45, 7) is 3.92. The normalized spacial score (nSPS) is 48.4. The molecule has 0 saturated heterocycles. The van der Waals surface area contributed by atoms with Gasteiger partial charge >= 0.3 is 0 Å². The Balaban J connectivity index is 1.71. The maximum atomic E-state index is 12.3. The zero-order valence-electron chi connectivity index (χ0n) is 15.1. The van der Waals surface area contributed by atoms with E-state index >= 15 is 0 Å². The average Bonchev–Trinajstić information content (AvgIpc) is 2.91. The maximum absolute atomic E-state index is 12.3. The van der Waals surface area contributed by atoms with E-state index in [0.29, 0.717) is 18.3 Å². The molecule has 0 amide bonds. The van der Waals surface area contributed by atoms with Crippen molar-refractivity contribution in [2.24, 2.45) is 34.5 Å². The number of hydrogen-bond donors (Lipinski definition) is 2. The monoisotopic (exact) mass is 344 g/mol. The van der Waals surface area contributed by atoms with E-state index in [2.05, 4.69) is 13.8 Å². The second-order valence-electron chi connectivity index (χ2n) is 9.05. The number of fused-ring (bicyclic) bond motifs is 5. The van der Waals surface area contributed by atoms with Crippen LogP contribution < -0.4 is 0 Å². The number of hydrogen-bond acceptors (Lipinski definition) is 4. The van der Waals surface area contributed by atoms with Crippen LogP contribution in [0.4, 0.5) is 0 Å². The predicted octanol–water partition coefficient (Wildman–Crippen LogP) is 2.44. The van der Waals surface area contributed by atoms with Crippen molar-refractivity contribution in [3.63, 3.8) is 0 Å². The molecule has 0 bridgehead atoms. The highest BCUT2D eigenvalue weighted by atomic mass is 16.3. The van der Waals surface area contributed by atoms with Crippen molar-refractivity contribution in [3.05, 3.63) is 23.8 Å². The summed E-state index contributed by atoms with van der Waals surface area (Å²) in [5, 5.41) is 20.5. The Morgan fingerprint density at radius 1 is 1.28 bits per heavy atom. The molecule has 4 heteroatoms. The Morgan fingerprint density at radius 3 is 2.76 bits per heavy atom.